The SMILES string of the molecule is COC(=O)C(Nc1nc(CNC(=O)CC2CCCCC2)nc2ccccc12)C(C)C. The Morgan fingerprint density at radius 3 is 2.57 bits per heavy atom. The molecule has 162 valence electrons. The second-order valence-corrected chi connectivity index (χ2v) is 8.38. The van der Waals surface area contributed by atoms with Gasteiger partial charge < -0.3 is 15.4 Å². The highest BCUT2D eigenvalue weighted by Crippen LogP contribution is 2.26. The van der Waals surface area contributed by atoms with E-state index in [1.807, 2.05) is 38.1 Å². The molecule has 1 amide bonds. The van der Waals surface area contributed by atoms with Crippen molar-refractivity contribution in [3.8, 4) is 0 Å². The maximum Gasteiger partial charge on any atom is 0.328 e. The molecule has 1 aliphatic rings. The number of rotatable bonds is 8. The number of para-hydroxylation sites is 1. The van der Waals surface area contributed by atoms with Crippen LogP contribution in [0.15, 0.2) is 24.3 Å². The van der Waals surface area contributed by atoms with Crippen molar-refractivity contribution in [2.45, 2.75) is 65.0 Å². The van der Waals surface area contributed by atoms with Gasteiger partial charge >= 0.3 is 5.97 Å². The number of hydrogen-bond acceptors (Lipinski definition) is 6. The molecule has 1 aliphatic carbocycles. The van der Waals surface area contributed by atoms with Gasteiger partial charge in [-0.1, -0.05) is 45.2 Å². The van der Waals surface area contributed by atoms with Crippen LogP contribution in [0.3, 0.4) is 0 Å². The number of esters is 1. The van der Waals surface area contributed by atoms with Gasteiger partial charge in [-0.25, -0.2) is 14.8 Å². The number of nitrogens with one attached hydrogen (secondary N) is 2. The van der Waals surface area contributed by atoms with Gasteiger partial charge in [-0.15, -0.1) is 0 Å². The van der Waals surface area contributed by atoms with Gasteiger partial charge in [0.05, 0.1) is 19.2 Å². The summed E-state index contributed by atoms with van der Waals surface area (Å²) in [4.78, 5) is 33.8. The fourth-order valence-electron chi connectivity index (χ4n) is 3.99. The zero-order valence-electron chi connectivity index (χ0n) is 18.1. The monoisotopic (exact) mass is 412 g/mol. The van der Waals surface area contributed by atoms with E-state index in [1.54, 1.807) is 0 Å². The first-order chi connectivity index (χ1) is 14.5. The highest BCUT2D eigenvalue weighted by Gasteiger charge is 2.24. The van der Waals surface area contributed by atoms with Crippen LogP contribution in [0.2, 0.25) is 0 Å². The van der Waals surface area contributed by atoms with E-state index in [0.29, 0.717) is 24.0 Å². The smallest absolute Gasteiger partial charge is 0.328 e. The summed E-state index contributed by atoms with van der Waals surface area (Å²) in [7, 11) is 1.38. The number of ether oxygens (including phenoxy) is 1. The van der Waals surface area contributed by atoms with Crippen LogP contribution < -0.4 is 10.6 Å². The second-order valence-electron chi connectivity index (χ2n) is 8.38. The maximum absolute atomic E-state index is 12.4. The highest BCUT2D eigenvalue weighted by molar-refractivity contribution is 5.91. The number of nitrogens with zero attached hydrogens (tertiary/aromatic N) is 2. The van der Waals surface area contributed by atoms with E-state index in [0.717, 1.165) is 23.7 Å². The number of aromatic nitrogens is 2. The molecule has 1 aromatic heterocycles. The minimum atomic E-state index is -0.526. The number of carbonyl (C=O) groups excluding carboxylic acids is 2. The highest BCUT2D eigenvalue weighted by atomic mass is 16.5. The van der Waals surface area contributed by atoms with Crippen molar-refractivity contribution in [2.24, 2.45) is 11.8 Å². The lowest BCUT2D eigenvalue weighted by Crippen LogP contribution is -2.36. The van der Waals surface area contributed by atoms with E-state index < -0.39 is 6.04 Å². The van der Waals surface area contributed by atoms with Gasteiger partial charge in [0.2, 0.25) is 5.91 Å². The molecule has 1 atom stereocenters. The van der Waals surface area contributed by atoms with Gasteiger partial charge in [0.1, 0.15) is 11.9 Å². The quantitative estimate of drug-likeness (QED) is 0.640. The van der Waals surface area contributed by atoms with Crippen LogP contribution in [0.25, 0.3) is 10.9 Å². The normalized spacial score (nSPS) is 15.7. The summed E-state index contributed by atoms with van der Waals surface area (Å²) in [6, 6.07) is 7.10. The van der Waals surface area contributed by atoms with Crippen LogP contribution in [0.5, 0.6) is 0 Å². The van der Waals surface area contributed by atoms with E-state index in [1.165, 1.54) is 26.4 Å². The van der Waals surface area contributed by atoms with Crippen LogP contribution >= 0.6 is 0 Å². The Bertz CT molecular complexity index is 878. The summed E-state index contributed by atoms with van der Waals surface area (Å²) in [6.45, 7) is 4.16. The van der Waals surface area contributed by atoms with E-state index in [-0.39, 0.29) is 24.3 Å². The molecule has 0 spiro atoms. The van der Waals surface area contributed by atoms with Crippen LogP contribution in [0.1, 0.15) is 58.2 Å². The number of hydrogen-bond donors (Lipinski definition) is 2. The molecule has 1 unspecified atom stereocenters. The fourth-order valence-corrected chi connectivity index (χ4v) is 3.99. The summed E-state index contributed by atoms with van der Waals surface area (Å²) in [5.74, 6) is 1.30. The maximum atomic E-state index is 12.4. The Hall–Kier alpha value is -2.70. The van der Waals surface area contributed by atoms with Crippen LogP contribution in [0, 0.1) is 11.8 Å². The Kier molecular flexibility index (Phi) is 7.60. The lowest BCUT2D eigenvalue weighted by Gasteiger charge is -2.22. The molecule has 1 saturated carbocycles. The van der Waals surface area contributed by atoms with Gasteiger partial charge in [0, 0.05) is 11.8 Å². The standard InChI is InChI=1S/C23H32N4O3/c1-15(2)21(23(29)30-3)27-22-17-11-7-8-12-18(17)25-19(26-22)14-24-20(28)13-16-9-5-4-6-10-16/h7-8,11-12,15-16,21H,4-6,9-10,13-14H2,1-3H3,(H,24,28)(H,25,26,27). The molecule has 1 fully saturated rings. The van der Waals surface area contributed by atoms with Crippen molar-refractivity contribution in [3.05, 3.63) is 30.1 Å². The Balaban J connectivity index is 1.75. The van der Waals surface area contributed by atoms with E-state index in [4.69, 9.17) is 4.74 Å². The molecule has 30 heavy (non-hydrogen) atoms. The van der Waals surface area contributed by atoms with Crippen molar-refractivity contribution in [3.63, 3.8) is 0 Å². The molecule has 2 aromatic rings. The number of methoxy groups -OCH3 is 1. The molecule has 2 N–H and O–H groups in total. The average Bonchev–Trinajstić information content (AvgIpc) is 2.75. The van der Waals surface area contributed by atoms with Gasteiger partial charge in [-0.2, -0.15) is 0 Å². The molecule has 7 nitrogen and oxygen atoms in total. The van der Waals surface area contributed by atoms with Gasteiger partial charge in [-0.3, -0.25) is 4.79 Å². The van der Waals surface area contributed by atoms with Crippen molar-refractivity contribution in [2.75, 3.05) is 12.4 Å². The van der Waals surface area contributed by atoms with Crippen molar-refractivity contribution in [1.29, 1.82) is 0 Å². The van der Waals surface area contributed by atoms with E-state index in [9.17, 15) is 9.59 Å². The molecule has 1 heterocycles. The van der Waals surface area contributed by atoms with Crippen LogP contribution in [-0.4, -0.2) is 35.0 Å². The first-order valence-corrected chi connectivity index (χ1v) is 10.8. The van der Waals surface area contributed by atoms with Gasteiger partial charge in [-0.05, 0) is 36.8 Å². The van der Waals surface area contributed by atoms with Crippen molar-refractivity contribution < 1.29 is 14.3 Å². The zero-order chi connectivity index (χ0) is 21.5. The first-order valence-electron chi connectivity index (χ1n) is 10.8. The molecule has 0 saturated heterocycles. The van der Waals surface area contributed by atoms with E-state index in [2.05, 4.69) is 20.6 Å². The molecule has 1 aromatic carbocycles. The average molecular weight is 413 g/mol. The third-order valence-corrected chi connectivity index (χ3v) is 5.71. The Morgan fingerprint density at radius 1 is 1.13 bits per heavy atom. The zero-order valence-corrected chi connectivity index (χ0v) is 18.1. The summed E-state index contributed by atoms with van der Waals surface area (Å²) in [6.07, 6.45) is 6.56. The molecule has 7 heteroatoms. The number of benzene rings is 1. The number of fused-ring (bicyclic) bond motifs is 1. The predicted octanol–water partition coefficient (Wildman–Crippen LogP) is 3.83. The van der Waals surface area contributed by atoms with E-state index >= 15 is 0 Å². The Labute approximate surface area is 178 Å². The van der Waals surface area contributed by atoms with Crippen molar-refractivity contribution in [1.82, 2.24) is 15.3 Å². The molecule has 0 aliphatic heterocycles. The largest absolute Gasteiger partial charge is 0.467 e. The molecule has 0 bridgehead atoms. The fraction of sp³-hybridized carbons (Fsp3) is 0.565. The molecule has 0 radical (unpaired) electrons. The van der Waals surface area contributed by atoms with Crippen LogP contribution in [0.4, 0.5) is 5.82 Å². The second kappa shape index (κ2) is 10.4. The summed E-state index contributed by atoms with van der Waals surface area (Å²) in [5, 5.41) is 7.02. The van der Waals surface area contributed by atoms with Gasteiger partial charge in [0.15, 0.2) is 5.82 Å². The number of carbonyl (C=O) groups is 2. The minimum absolute atomic E-state index is 0.0184. The first kappa shape index (κ1) is 22.0. The third-order valence-electron chi connectivity index (χ3n) is 5.71. The number of amides is 1. The predicted molar refractivity (Wildman–Crippen MR) is 117 cm³/mol. The third kappa shape index (κ3) is 5.68. The number of anilines is 1. The summed E-state index contributed by atoms with van der Waals surface area (Å²) >= 11 is 0. The summed E-state index contributed by atoms with van der Waals surface area (Å²) in [5.41, 5.74) is 0.763. The minimum Gasteiger partial charge on any atom is -0.467 e. The lowest BCUT2D eigenvalue weighted by molar-refractivity contribution is -0.142. The van der Waals surface area contributed by atoms with Gasteiger partial charge in [0.25, 0.3) is 0 Å². The molecular weight excluding hydrogens is 380 g/mol. The molecular formula is C23H32N4O3. The lowest BCUT2D eigenvalue weighted by atomic mass is 9.87. The summed E-state index contributed by atoms with van der Waals surface area (Å²) < 4.78 is 4.94. The van der Waals surface area contributed by atoms with Crippen LogP contribution in [-0.2, 0) is 20.9 Å². The van der Waals surface area contributed by atoms with Crippen molar-refractivity contribution >= 4 is 28.6 Å². The Morgan fingerprint density at radius 2 is 1.87 bits per heavy atom. The topological polar surface area (TPSA) is 93.2 Å². The molecule has 3 rings (SSSR count).